The predicted octanol–water partition coefficient (Wildman–Crippen LogP) is 0.814. The monoisotopic (exact) mass is 226 g/mol. The summed E-state index contributed by atoms with van der Waals surface area (Å²) in [5, 5.41) is 6.26. The van der Waals surface area contributed by atoms with E-state index in [2.05, 4.69) is 17.6 Å². The van der Waals surface area contributed by atoms with Gasteiger partial charge in [0.2, 0.25) is 5.91 Å². The maximum absolute atomic E-state index is 11.9. The normalized spacial score (nSPS) is 34.9. The lowest BCUT2D eigenvalue weighted by atomic mass is 10.0. The molecular weight excluding hydrogens is 204 g/mol. The van der Waals surface area contributed by atoms with Crippen molar-refractivity contribution in [3.63, 3.8) is 0 Å². The van der Waals surface area contributed by atoms with Gasteiger partial charge >= 0.3 is 0 Å². The number of rotatable bonds is 3. The first kappa shape index (κ1) is 11.9. The van der Waals surface area contributed by atoms with Gasteiger partial charge in [-0.1, -0.05) is 6.42 Å². The minimum absolute atomic E-state index is 0.0127. The van der Waals surface area contributed by atoms with Crippen molar-refractivity contribution in [1.29, 1.82) is 0 Å². The molecule has 0 aromatic carbocycles. The van der Waals surface area contributed by atoms with Gasteiger partial charge in [0.25, 0.3) is 0 Å². The molecule has 0 spiro atoms. The summed E-state index contributed by atoms with van der Waals surface area (Å²) in [5.74, 6) is 0.136. The van der Waals surface area contributed by atoms with Crippen LogP contribution in [-0.4, -0.2) is 37.2 Å². The van der Waals surface area contributed by atoms with E-state index in [-0.39, 0.29) is 17.6 Å². The Balaban J connectivity index is 1.74. The third-order valence-corrected chi connectivity index (χ3v) is 3.56. The van der Waals surface area contributed by atoms with Gasteiger partial charge in [-0.2, -0.15) is 0 Å². The Morgan fingerprint density at radius 1 is 1.50 bits per heavy atom. The van der Waals surface area contributed by atoms with Crippen molar-refractivity contribution in [2.75, 3.05) is 19.7 Å². The van der Waals surface area contributed by atoms with Gasteiger partial charge in [-0.15, -0.1) is 0 Å². The van der Waals surface area contributed by atoms with Crippen LogP contribution in [0.2, 0.25) is 0 Å². The number of carbonyl (C=O) groups excluding carboxylic acids is 1. The highest BCUT2D eigenvalue weighted by atomic mass is 16.5. The van der Waals surface area contributed by atoms with Crippen LogP contribution >= 0.6 is 0 Å². The first-order valence-electron chi connectivity index (χ1n) is 6.35. The smallest absolute Gasteiger partial charge is 0.237 e. The van der Waals surface area contributed by atoms with Gasteiger partial charge in [0.1, 0.15) is 0 Å². The average Bonchev–Trinajstić information content (AvgIpc) is 2.75. The summed E-state index contributed by atoms with van der Waals surface area (Å²) in [6.07, 6.45) is 5.45. The van der Waals surface area contributed by atoms with Gasteiger partial charge in [-0.3, -0.25) is 4.79 Å². The van der Waals surface area contributed by atoms with E-state index in [1.165, 1.54) is 6.42 Å². The average molecular weight is 226 g/mol. The minimum atomic E-state index is -0.135. The van der Waals surface area contributed by atoms with E-state index >= 15 is 0 Å². The zero-order valence-corrected chi connectivity index (χ0v) is 10.1. The fourth-order valence-electron chi connectivity index (χ4n) is 2.45. The van der Waals surface area contributed by atoms with Gasteiger partial charge < -0.3 is 15.4 Å². The van der Waals surface area contributed by atoms with Crippen molar-refractivity contribution in [1.82, 2.24) is 10.6 Å². The predicted molar refractivity (Wildman–Crippen MR) is 62.2 cm³/mol. The molecule has 2 aliphatic rings. The molecule has 2 saturated heterocycles. The number of nitrogens with one attached hydrogen (secondary N) is 2. The van der Waals surface area contributed by atoms with Crippen molar-refractivity contribution in [2.24, 2.45) is 0 Å². The second-order valence-corrected chi connectivity index (χ2v) is 5.12. The van der Waals surface area contributed by atoms with E-state index in [0.717, 1.165) is 38.8 Å². The topological polar surface area (TPSA) is 50.4 Å². The van der Waals surface area contributed by atoms with Crippen molar-refractivity contribution in [3.05, 3.63) is 0 Å². The van der Waals surface area contributed by atoms with Crippen LogP contribution in [0.1, 0.15) is 39.0 Å². The van der Waals surface area contributed by atoms with Crippen molar-refractivity contribution < 1.29 is 9.53 Å². The highest BCUT2D eigenvalue weighted by molar-refractivity contribution is 5.81. The molecule has 4 nitrogen and oxygen atoms in total. The largest absolute Gasteiger partial charge is 0.373 e. The summed E-state index contributed by atoms with van der Waals surface area (Å²) in [6.45, 7) is 4.51. The lowest BCUT2D eigenvalue weighted by Gasteiger charge is -2.27. The standard InChI is InChI=1S/C12H22N2O2/c1-12(6-4-8-16-12)9-14-11(15)10-5-2-3-7-13-10/h10,13H,2-9H2,1H3,(H,14,15)/t10-,12?/m0/s1. The van der Waals surface area contributed by atoms with Crippen LogP contribution in [0.15, 0.2) is 0 Å². The number of hydrogen-bond donors (Lipinski definition) is 2. The molecule has 0 aromatic rings. The lowest BCUT2D eigenvalue weighted by molar-refractivity contribution is -0.124. The summed E-state index contributed by atoms with van der Waals surface area (Å²) in [6, 6.07) is 0.0127. The zero-order chi connectivity index (χ0) is 11.4. The maximum atomic E-state index is 11.9. The second-order valence-electron chi connectivity index (χ2n) is 5.12. The fourth-order valence-corrected chi connectivity index (χ4v) is 2.45. The number of piperidine rings is 1. The Hall–Kier alpha value is -0.610. The lowest BCUT2D eigenvalue weighted by Crippen LogP contribution is -2.50. The van der Waals surface area contributed by atoms with Gasteiger partial charge in [-0.05, 0) is 39.2 Å². The summed E-state index contributed by atoms with van der Waals surface area (Å²) in [7, 11) is 0. The third-order valence-electron chi connectivity index (χ3n) is 3.56. The molecule has 2 aliphatic heterocycles. The Kier molecular flexibility index (Phi) is 3.82. The molecule has 4 heteroatoms. The summed E-state index contributed by atoms with van der Waals surface area (Å²) >= 11 is 0. The molecule has 0 aliphatic carbocycles. The Morgan fingerprint density at radius 2 is 2.38 bits per heavy atom. The third kappa shape index (κ3) is 2.95. The summed E-state index contributed by atoms with van der Waals surface area (Å²) < 4.78 is 5.64. The zero-order valence-electron chi connectivity index (χ0n) is 10.1. The molecule has 2 rings (SSSR count). The highest BCUT2D eigenvalue weighted by Crippen LogP contribution is 2.23. The molecule has 0 radical (unpaired) electrons. The van der Waals surface area contributed by atoms with Crippen LogP contribution in [-0.2, 0) is 9.53 Å². The SMILES string of the molecule is CC1(CNC(=O)[C@@H]2CCCCN2)CCCO1. The van der Waals surface area contributed by atoms with Crippen molar-refractivity contribution >= 4 is 5.91 Å². The molecular formula is C12H22N2O2. The van der Waals surface area contributed by atoms with Crippen LogP contribution < -0.4 is 10.6 Å². The van der Waals surface area contributed by atoms with E-state index in [1.807, 2.05) is 0 Å². The first-order chi connectivity index (χ1) is 7.70. The van der Waals surface area contributed by atoms with Gasteiger partial charge in [0, 0.05) is 13.2 Å². The van der Waals surface area contributed by atoms with Crippen LogP contribution in [0.25, 0.3) is 0 Å². The highest BCUT2D eigenvalue weighted by Gasteiger charge is 2.31. The molecule has 2 N–H and O–H groups in total. The molecule has 0 bridgehead atoms. The summed E-state index contributed by atoms with van der Waals surface area (Å²) in [5.41, 5.74) is -0.135. The van der Waals surface area contributed by atoms with Crippen LogP contribution in [0.4, 0.5) is 0 Å². The molecule has 2 heterocycles. The number of carbonyl (C=O) groups is 1. The molecule has 1 amide bonds. The molecule has 92 valence electrons. The van der Waals surface area contributed by atoms with Gasteiger partial charge in [-0.25, -0.2) is 0 Å². The first-order valence-corrected chi connectivity index (χ1v) is 6.35. The maximum Gasteiger partial charge on any atom is 0.237 e. The molecule has 0 saturated carbocycles. The molecule has 2 atom stereocenters. The minimum Gasteiger partial charge on any atom is -0.373 e. The Bertz CT molecular complexity index is 243. The molecule has 2 fully saturated rings. The van der Waals surface area contributed by atoms with Crippen molar-refractivity contribution in [3.8, 4) is 0 Å². The van der Waals surface area contributed by atoms with Crippen molar-refractivity contribution in [2.45, 2.75) is 50.7 Å². The van der Waals surface area contributed by atoms with Gasteiger partial charge in [0.15, 0.2) is 0 Å². The Morgan fingerprint density at radius 3 is 3.00 bits per heavy atom. The number of ether oxygens (including phenoxy) is 1. The van der Waals surface area contributed by atoms with E-state index in [4.69, 9.17) is 4.74 Å². The van der Waals surface area contributed by atoms with E-state index < -0.39 is 0 Å². The fraction of sp³-hybridized carbons (Fsp3) is 0.917. The second kappa shape index (κ2) is 5.15. The summed E-state index contributed by atoms with van der Waals surface area (Å²) in [4.78, 5) is 11.9. The van der Waals surface area contributed by atoms with Crippen LogP contribution in [0.5, 0.6) is 0 Å². The van der Waals surface area contributed by atoms with Gasteiger partial charge in [0.05, 0.1) is 11.6 Å². The van der Waals surface area contributed by atoms with Crippen LogP contribution in [0.3, 0.4) is 0 Å². The molecule has 1 unspecified atom stereocenters. The molecule has 0 aromatic heterocycles. The molecule has 16 heavy (non-hydrogen) atoms. The van der Waals surface area contributed by atoms with Crippen LogP contribution in [0, 0.1) is 0 Å². The number of amides is 1. The van der Waals surface area contributed by atoms with E-state index in [0.29, 0.717) is 6.54 Å². The quantitative estimate of drug-likeness (QED) is 0.749. The number of hydrogen-bond acceptors (Lipinski definition) is 3. The van der Waals surface area contributed by atoms with E-state index in [9.17, 15) is 4.79 Å². The van der Waals surface area contributed by atoms with E-state index in [1.54, 1.807) is 0 Å². The Labute approximate surface area is 97.1 Å².